The van der Waals surface area contributed by atoms with Gasteiger partial charge in [-0.15, -0.1) is 12.4 Å². The Kier molecular flexibility index (Phi) is 5.35. The van der Waals surface area contributed by atoms with Crippen molar-refractivity contribution in [3.63, 3.8) is 0 Å². The number of ether oxygens (including phenoxy) is 1. The minimum atomic E-state index is -0.321. The van der Waals surface area contributed by atoms with E-state index in [0.717, 1.165) is 55.6 Å². The summed E-state index contributed by atoms with van der Waals surface area (Å²) >= 11 is 0. The zero-order valence-corrected chi connectivity index (χ0v) is 14.1. The van der Waals surface area contributed by atoms with Crippen LogP contribution in [0.5, 0.6) is 5.75 Å². The third-order valence-corrected chi connectivity index (χ3v) is 4.78. The average Bonchev–Trinajstić information content (AvgIpc) is 3.30. The van der Waals surface area contributed by atoms with Crippen LogP contribution in [0.2, 0.25) is 0 Å². The van der Waals surface area contributed by atoms with E-state index in [1.165, 1.54) is 0 Å². The van der Waals surface area contributed by atoms with Gasteiger partial charge in [0, 0.05) is 12.6 Å². The molecule has 1 aliphatic carbocycles. The van der Waals surface area contributed by atoms with Crippen molar-refractivity contribution in [2.75, 3.05) is 20.2 Å². The van der Waals surface area contributed by atoms with Crippen LogP contribution in [-0.2, 0) is 10.2 Å². The van der Waals surface area contributed by atoms with Gasteiger partial charge in [0.2, 0.25) is 5.91 Å². The summed E-state index contributed by atoms with van der Waals surface area (Å²) in [6, 6.07) is 6.42. The predicted octanol–water partition coefficient (Wildman–Crippen LogP) is 2.33. The van der Waals surface area contributed by atoms with Crippen molar-refractivity contribution in [2.24, 2.45) is 0 Å². The molecule has 1 heterocycles. The van der Waals surface area contributed by atoms with Crippen LogP contribution < -0.4 is 15.4 Å². The number of carbonyl (C=O) groups is 1. The van der Waals surface area contributed by atoms with Crippen LogP contribution in [0.15, 0.2) is 18.2 Å². The first-order valence-corrected chi connectivity index (χ1v) is 7.82. The molecule has 22 heavy (non-hydrogen) atoms. The van der Waals surface area contributed by atoms with Crippen molar-refractivity contribution in [3.8, 4) is 5.75 Å². The summed E-state index contributed by atoms with van der Waals surface area (Å²) in [5, 5.41) is 6.57. The molecular weight excluding hydrogens is 300 g/mol. The number of hydrogen-bond donors (Lipinski definition) is 2. The smallest absolute Gasteiger partial charge is 0.230 e. The number of amides is 1. The van der Waals surface area contributed by atoms with Gasteiger partial charge in [-0.3, -0.25) is 4.79 Å². The number of halogens is 1. The maximum atomic E-state index is 12.7. The van der Waals surface area contributed by atoms with Crippen molar-refractivity contribution < 1.29 is 9.53 Å². The van der Waals surface area contributed by atoms with E-state index < -0.39 is 0 Å². The van der Waals surface area contributed by atoms with Gasteiger partial charge in [-0.2, -0.15) is 0 Å². The number of aryl methyl sites for hydroxylation is 1. The zero-order chi connectivity index (χ0) is 14.9. The van der Waals surface area contributed by atoms with Gasteiger partial charge in [0.1, 0.15) is 5.75 Å². The topological polar surface area (TPSA) is 50.4 Å². The summed E-state index contributed by atoms with van der Waals surface area (Å²) in [6.07, 6.45) is 4.08. The second kappa shape index (κ2) is 6.88. The number of methoxy groups -OCH3 is 1. The number of hydrogen-bond acceptors (Lipinski definition) is 3. The quantitative estimate of drug-likeness (QED) is 0.893. The van der Waals surface area contributed by atoms with Crippen molar-refractivity contribution >= 4 is 18.3 Å². The second-order valence-electron chi connectivity index (χ2n) is 6.28. The number of nitrogens with one attached hydrogen (secondary N) is 2. The predicted molar refractivity (Wildman–Crippen MR) is 89.9 cm³/mol. The molecule has 5 heteroatoms. The number of carbonyl (C=O) groups excluding carboxylic acids is 1. The van der Waals surface area contributed by atoms with Crippen molar-refractivity contribution in [1.82, 2.24) is 10.6 Å². The monoisotopic (exact) mass is 324 g/mol. The lowest BCUT2D eigenvalue weighted by atomic mass is 9.93. The molecule has 2 N–H and O–H groups in total. The fourth-order valence-electron chi connectivity index (χ4n) is 3.19. The van der Waals surface area contributed by atoms with Gasteiger partial charge in [-0.05, 0) is 56.3 Å². The van der Waals surface area contributed by atoms with Gasteiger partial charge in [0.25, 0.3) is 0 Å². The molecule has 1 aromatic carbocycles. The number of piperidine rings is 1. The summed E-state index contributed by atoms with van der Waals surface area (Å²) in [6.45, 7) is 3.97. The van der Waals surface area contributed by atoms with Crippen LogP contribution in [0, 0.1) is 6.92 Å². The highest BCUT2D eigenvalue weighted by Gasteiger charge is 2.51. The molecule has 2 fully saturated rings. The molecule has 1 aromatic rings. The maximum Gasteiger partial charge on any atom is 0.230 e. The molecule has 0 radical (unpaired) electrons. The Morgan fingerprint density at radius 2 is 2.18 bits per heavy atom. The molecule has 0 spiro atoms. The average molecular weight is 325 g/mol. The van der Waals surface area contributed by atoms with E-state index in [0.29, 0.717) is 0 Å². The van der Waals surface area contributed by atoms with Crippen molar-refractivity contribution in [1.29, 1.82) is 0 Å². The molecule has 3 rings (SSSR count). The van der Waals surface area contributed by atoms with Crippen LogP contribution in [0.25, 0.3) is 0 Å². The Hall–Kier alpha value is -1.26. The molecule has 2 aliphatic rings. The SMILES string of the molecule is COc1cc(C2(C(=O)N[C@H]3CCCNC3)CC2)ccc1C.Cl. The molecule has 1 saturated heterocycles. The Balaban J connectivity index is 0.00000176. The summed E-state index contributed by atoms with van der Waals surface area (Å²) in [5.41, 5.74) is 1.87. The first kappa shape index (κ1) is 17.1. The molecule has 0 bridgehead atoms. The van der Waals surface area contributed by atoms with Crippen LogP contribution in [0.3, 0.4) is 0 Å². The molecule has 1 amide bonds. The maximum absolute atomic E-state index is 12.7. The molecular formula is C17H25ClN2O2. The highest BCUT2D eigenvalue weighted by atomic mass is 35.5. The van der Waals surface area contributed by atoms with Crippen LogP contribution >= 0.6 is 12.4 Å². The molecule has 1 aliphatic heterocycles. The van der Waals surface area contributed by atoms with Crippen molar-refractivity contribution in [3.05, 3.63) is 29.3 Å². The Labute approximate surface area is 138 Å². The van der Waals surface area contributed by atoms with E-state index in [1.807, 2.05) is 19.1 Å². The van der Waals surface area contributed by atoms with Gasteiger partial charge < -0.3 is 15.4 Å². The molecule has 0 unspecified atom stereocenters. The van der Waals surface area contributed by atoms with E-state index in [-0.39, 0.29) is 29.8 Å². The van der Waals surface area contributed by atoms with E-state index in [1.54, 1.807) is 7.11 Å². The zero-order valence-electron chi connectivity index (χ0n) is 13.3. The van der Waals surface area contributed by atoms with E-state index >= 15 is 0 Å². The minimum absolute atomic E-state index is 0. The molecule has 1 saturated carbocycles. The van der Waals surface area contributed by atoms with Gasteiger partial charge in [0.05, 0.1) is 12.5 Å². The van der Waals surface area contributed by atoms with Crippen LogP contribution in [0.4, 0.5) is 0 Å². The lowest BCUT2D eigenvalue weighted by Gasteiger charge is -2.26. The highest BCUT2D eigenvalue weighted by molar-refractivity contribution is 5.91. The third-order valence-electron chi connectivity index (χ3n) is 4.78. The Bertz CT molecular complexity index is 537. The van der Waals surface area contributed by atoms with E-state index in [4.69, 9.17) is 4.74 Å². The number of benzene rings is 1. The van der Waals surface area contributed by atoms with Crippen LogP contribution in [-0.4, -0.2) is 32.1 Å². The fraction of sp³-hybridized carbons (Fsp3) is 0.588. The van der Waals surface area contributed by atoms with E-state index in [9.17, 15) is 4.79 Å². The summed E-state index contributed by atoms with van der Waals surface area (Å²) < 4.78 is 5.40. The van der Waals surface area contributed by atoms with Crippen LogP contribution in [0.1, 0.15) is 36.8 Å². The standard InChI is InChI=1S/C17H24N2O2.ClH/c1-12-5-6-13(10-15(12)21-2)17(7-8-17)16(20)19-14-4-3-9-18-11-14;/h5-6,10,14,18H,3-4,7-9,11H2,1-2H3,(H,19,20);1H/t14-;/m0./s1. The molecule has 122 valence electrons. The summed E-state index contributed by atoms with van der Waals surface area (Å²) in [5.74, 6) is 1.05. The van der Waals surface area contributed by atoms with Gasteiger partial charge >= 0.3 is 0 Å². The first-order chi connectivity index (χ1) is 10.2. The van der Waals surface area contributed by atoms with Gasteiger partial charge in [0.15, 0.2) is 0 Å². The largest absolute Gasteiger partial charge is 0.496 e. The third kappa shape index (κ3) is 3.23. The molecule has 4 nitrogen and oxygen atoms in total. The molecule has 1 atom stereocenters. The Morgan fingerprint density at radius 1 is 1.41 bits per heavy atom. The van der Waals surface area contributed by atoms with E-state index in [2.05, 4.69) is 16.7 Å². The second-order valence-corrected chi connectivity index (χ2v) is 6.28. The number of rotatable bonds is 4. The van der Waals surface area contributed by atoms with Crippen molar-refractivity contribution in [2.45, 2.75) is 44.1 Å². The Morgan fingerprint density at radius 3 is 2.77 bits per heavy atom. The minimum Gasteiger partial charge on any atom is -0.496 e. The first-order valence-electron chi connectivity index (χ1n) is 7.82. The lowest BCUT2D eigenvalue weighted by Crippen LogP contribution is -2.48. The fourth-order valence-corrected chi connectivity index (χ4v) is 3.19. The summed E-state index contributed by atoms with van der Waals surface area (Å²) in [7, 11) is 1.68. The normalized spacial score (nSPS) is 22.4. The van der Waals surface area contributed by atoms with Gasteiger partial charge in [-0.1, -0.05) is 12.1 Å². The molecule has 0 aromatic heterocycles. The lowest BCUT2D eigenvalue weighted by molar-refractivity contribution is -0.124. The van der Waals surface area contributed by atoms with Gasteiger partial charge in [-0.25, -0.2) is 0 Å². The summed E-state index contributed by atoms with van der Waals surface area (Å²) in [4.78, 5) is 12.7. The highest BCUT2D eigenvalue weighted by Crippen LogP contribution is 2.49.